The van der Waals surface area contributed by atoms with Gasteiger partial charge in [0.2, 0.25) is 11.8 Å². The molecule has 0 N–H and O–H groups in total. The average molecular weight is 251 g/mol. The second kappa shape index (κ2) is 4.37. The summed E-state index contributed by atoms with van der Waals surface area (Å²) in [5, 5.41) is 8.03. The Bertz CT molecular complexity index is 527. The third-order valence-corrected chi connectivity index (χ3v) is 2.98. The van der Waals surface area contributed by atoms with E-state index < -0.39 is 0 Å². The first-order valence-corrected chi connectivity index (χ1v) is 6.02. The average Bonchev–Trinajstić information content (AvgIpc) is 2.95. The van der Waals surface area contributed by atoms with E-state index >= 15 is 0 Å². The zero-order valence-corrected chi connectivity index (χ0v) is 9.85. The second-order valence-corrected chi connectivity index (χ2v) is 4.25. The number of hydrogen-bond acceptors (Lipinski definition) is 4. The maximum Gasteiger partial charge on any atom is 0.227 e. The van der Waals surface area contributed by atoms with Crippen molar-refractivity contribution in [2.24, 2.45) is 0 Å². The molecule has 4 nitrogen and oxygen atoms in total. The first-order chi connectivity index (χ1) is 8.38. The van der Waals surface area contributed by atoms with Crippen molar-refractivity contribution in [3.8, 4) is 5.75 Å². The number of alkyl halides is 1. The molecule has 2 heterocycles. The minimum absolute atomic E-state index is 0.0442. The van der Waals surface area contributed by atoms with Crippen LogP contribution in [0.25, 0.3) is 0 Å². The first-order valence-electron chi connectivity index (χ1n) is 5.48. The first kappa shape index (κ1) is 10.6. The number of benzene rings is 1. The van der Waals surface area contributed by atoms with Crippen molar-refractivity contribution in [2.75, 3.05) is 12.5 Å². The fourth-order valence-corrected chi connectivity index (χ4v) is 2.12. The molecule has 1 aliphatic heterocycles. The lowest BCUT2D eigenvalue weighted by Crippen LogP contribution is -2.02. The maximum absolute atomic E-state index is 5.63. The van der Waals surface area contributed by atoms with Crippen LogP contribution in [-0.2, 0) is 6.42 Å². The van der Waals surface area contributed by atoms with Crippen LogP contribution >= 0.6 is 11.6 Å². The van der Waals surface area contributed by atoms with Crippen LogP contribution in [0.2, 0.25) is 0 Å². The van der Waals surface area contributed by atoms with Gasteiger partial charge in [0, 0.05) is 17.9 Å². The van der Waals surface area contributed by atoms with Crippen LogP contribution in [0.15, 0.2) is 28.7 Å². The third kappa shape index (κ3) is 1.89. The van der Waals surface area contributed by atoms with E-state index in [0.717, 1.165) is 11.3 Å². The molecule has 1 atom stereocenters. The fraction of sp³-hybridized carbons (Fsp3) is 0.333. The van der Waals surface area contributed by atoms with Crippen molar-refractivity contribution in [2.45, 2.75) is 12.3 Å². The Hall–Kier alpha value is -1.55. The minimum atomic E-state index is 0.0442. The molecular formula is C12H11ClN2O2. The molecule has 88 valence electrons. The molecule has 0 radical (unpaired) electrons. The van der Waals surface area contributed by atoms with E-state index in [0.29, 0.717) is 30.7 Å². The van der Waals surface area contributed by atoms with Crippen molar-refractivity contribution in [3.63, 3.8) is 0 Å². The summed E-state index contributed by atoms with van der Waals surface area (Å²) in [6.45, 7) is 0.557. The van der Waals surface area contributed by atoms with Crippen LogP contribution in [0, 0.1) is 0 Å². The predicted octanol–water partition coefficient (Wildman–Crippen LogP) is 2.38. The SMILES string of the molecule is ClCCc1nnc(C2COc3ccccc32)o1. The number of ether oxygens (including phenoxy) is 1. The summed E-state index contributed by atoms with van der Waals surface area (Å²) >= 11 is 5.63. The van der Waals surface area contributed by atoms with Gasteiger partial charge in [0.15, 0.2) is 0 Å². The summed E-state index contributed by atoms with van der Waals surface area (Å²) in [4.78, 5) is 0. The molecule has 0 spiro atoms. The van der Waals surface area contributed by atoms with E-state index in [4.69, 9.17) is 20.8 Å². The Morgan fingerprint density at radius 3 is 3.06 bits per heavy atom. The van der Waals surface area contributed by atoms with E-state index in [-0.39, 0.29) is 5.92 Å². The topological polar surface area (TPSA) is 48.2 Å². The molecule has 0 saturated heterocycles. The molecule has 0 amide bonds. The van der Waals surface area contributed by atoms with Crippen LogP contribution in [0.1, 0.15) is 23.3 Å². The standard InChI is InChI=1S/C12H11ClN2O2/c13-6-5-11-14-15-12(17-11)9-7-16-10-4-2-1-3-8(9)10/h1-4,9H,5-7H2. The summed E-state index contributed by atoms with van der Waals surface area (Å²) in [7, 11) is 0. The largest absolute Gasteiger partial charge is 0.492 e. The van der Waals surface area contributed by atoms with Crippen LogP contribution in [-0.4, -0.2) is 22.7 Å². The molecule has 1 aromatic heterocycles. The van der Waals surface area contributed by atoms with E-state index in [1.165, 1.54) is 0 Å². The summed E-state index contributed by atoms with van der Waals surface area (Å²) in [6, 6.07) is 7.91. The molecule has 17 heavy (non-hydrogen) atoms. The van der Waals surface area contributed by atoms with Crippen molar-refractivity contribution < 1.29 is 9.15 Å². The van der Waals surface area contributed by atoms with Crippen molar-refractivity contribution in [3.05, 3.63) is 41.6 Å². The summed E-state index contributed by atoms with van der Waals surface area (Å²) < 4.78 is 11.2. The highest BCUT2D eigenvalue weighted by atomic mass is 35.5. The summed E-state index contributed by atoms with van der Waals surface area (Å²) in [6.07, 6.45) is 0.601. The number of rotatable bonds is 3. The van der Waals surface area contributed by atoms with Gasteiger partial charge in [-0.15, -0.1) is 21.8 Å². The lowest BCUT2D eigenvalue weighted by atomic mass is 10.0. The number of para-hydroxylation sites is 1. The van der Waals surface area contributed by atoms with Gasteiger partial charge in [0.1, 0.15) is 12.4 Å². The lowest BCUT2D eigenvalue weighted by Gasteiger charge is -2.01. The molecule has 1 aliphatic rings. The molecule has 0 aliphatic carbocycles. The number of nitrogens with zero attached hydrogens (tertiary/aromatic N) is 2. The highest BCUT2D eigenvalue weighted by Gasteiger charge is 2.29. The highest BCUT2D eigenvalue weighted by Crippen LogP contribution is 2.37. The Labute approximate surface area is 104 Å². The van der Waals surface area contributed by atoms with Gasteiger partial charge in [-0.2, -0.15) is 0 Å². The molecule has 3 rings (SSSR count). The number of fused-ring (bicyclic) bond motifs is 1. The monoisotopic (exact) mass is 250 g/mol. The van der Waals surface area contributed by atoms with E-state index in [9.17, 15) is 0 Å². The normalized spacial score (nSPS) is 17.8. The van der Waals surface area contributed by atoms with Gasteiger partial charge >= 0.3 is 0 Å². The van der Waals surface area contributed by atoms with Gasteiger partial charge in [-0.3, -0.25) is 0 Å². The Balaban J connectivity index is 1.90. The zero-order chi connectivity index (χ0) is 11.7. The quantitative estimate of drug-likeness (QED) is 0.785. The van der Waals surface area contributed by atoms with Crippen molar-refractivity contribution in [1.82, 2.24) is 10.2 Å². The fourth-order valence-electron chi connectivity index (χ4n) is 1.96. The van der Waals surface area contributed by atoms with Crippen LogP contribution in [0.5, 0.6) is 5.75 Å². The Kier molecular flexibility index (Phi) is 2.73. The summed E-state index contributed by atoms with van der Waals surface area (Å²) in [5.74, 6) is 2.62. The van der Waals surface area contributed by atoms with Gasteiger partial charge in [0.05, 0.1) is 5.92 Å². The predicted molar refractivity (Wildman–Crippen MR) is 62.5 cm³/mol. The zero-order valence-electron chi connectivity index (χ0n) is 9.10. The van der Waals surface area contributed by atoms with Gasteiger partial charge in [-0.1, -0.05) is 18.2 Å². The van der Waals surface area contributed by atoms with Crippen molar-refractivity contribution >= 4 is 11.6 Å². The third-order valence-electron chi connectivity index (χ3n) is 2.79. The van der Waals surface area contributed by atoms with Crippen LogP contribution < -0.4 is 4.74 Å². The number of hydrogen-bond donors (Lipinski definition) is 0. The molecule has 1 unspecified atom stereocenters. The number of aryl methyl sites for hydroxylation is 1. The summed E-state index contributed by atoms with van der Waals surface area (Å²) in [5.41, 5.74) is 1.11. The Morgan fingerprint density at radius 1 is 1.29 bits per heavy atom. The van der Waals surface area contributed by atoms with Crippen LogP contribution in [0.3, 0.4) is 0 Å². The number of halogens is 1. The molecule has 0 fully saturated rings. The van der Waals surface area contributed by atoms with Gasteiger partial charge in [0.25, 0.3) is 0 Å². The van der Waals surface area contributed by atoms with E-state index in [2.05, 4.69) is 10.2 Å². The maximum atomic E-state index is 5.63. The smallest absolute Gasteiger partial charge is 0.227 e. The molecule has 1 aromatic carbocycles. The molecule has 0 saturated carbocycles. The molecule has 0 bridgehead atoms. The Morgan fingerprint density at radius 2 is 2.18 bits per heavy atom. The van der Waals surface area contributed by atoms with E-state index in [1.54, 1.807) is 0 Å². The van der Waals surface area contributed by atoms with Crippen LogP contribution in [0.4, 0.5) is 0 Å². The van der Waals surface area contributed by atoms with Crippen molar-refractivity contribution in [1.29, 1.82) is 0 Å². The van der Waals surface area contributed by atoms with E-state index in [1.807, 2.05) is 24.3 Å². The molecular weight excluding hydrogens is 240 g/mol. The lowest BCUT2D eigenvalue weighted by molar-refractivity contribution is 0.321. The minimum Gasteiger partial charge on any atom is -0.492 e. The van der Waals surface area contributed by atoms with Gasteiger partial charge < -0.3 is 9.15 Å². The van der Waals surface area contributed by atoms with Gasteiger partial charge in [-0.25, -0.2) is 0 Å². The molecule has 2 aromatic rings. The second-order valence-electron chi connectivity index (χ2n) is 3.87. The number of aromatic nitrogens is 2. The highest BCUT2D eigenvalue weighted by molar-refractivity contribution is 6.17. The van der Waals surface area contributed by atoms with Gasteiger partial charge in [-0.05, 0) is 6.07 Å². The molecule has 5 heteroatoms.